The highest BCUT2D eigenvalue weighted by Gasteiger charge is 2.40. The van der Waals surface area contributed by atoms with E-state index in [9.17, 15) is 38.4 Å². The Morgan fingerprint density at radius 2 is 1.51 bits per heavy atom. The van der Waals surface area contributed by atoms with Gasteiger partial charge in [-0.05, 0) is 55.2 Å². The number of nitrogen functional groups attached to an aromatic ring is 1. The van der Waals surface area contributed by atoms with Gasteiger partial charge in [0.25, 0.3) is 17.7 Å². The van der Waals surface area contributed by atoms with Gasteiger partial charge < -0.3 is 51.4 Å². The number of nitrogens with two attached hydrogens (primary N) is 1. The number of nitrogens with zero attached hydrogens (tertiary/aromatic N) is 6. The van der Waals surface area contributed by atoms with E-state index in [4.69, 9.17) is 19.9 Å². The van der Waals surface area contributed by atoms with Crippen LogP contribution in [0, 0.1) is 5.92 Å². The number of aromatic amines is 1. The van der Waals surface area contributed by atoms with Crippen molar-refractivity contribution in [1.29, 1.82) is 0 Å². The first-order valence-corrected chi connectivity index (χ1v) is 26.1. The van der Waals surface area contributed by atoms with E-state index in [1.54, 1.807) is 42.3 Å². The van der Waals surface area contributed by atoms with Crippen molar-refractivity contribution in [2.24, 2.45) is 5.92 Å². The largest absolute Gasteiger partial charge is 0.496 e. The van der Waals surface area contributed by atoms with E-state index in [1.807, 2.05) is 18.2 Å². The number of benzene rings is 2. The fraction of sp³-hybridized carbons (Fsp3) is 0.491. The zero-order chi connectivity index (χ0) is 54.7. The van der Waals surface area contributed by atoms with Gasteiger partial charge in [0.15, 0.2) is 11.3 Å². The van der Waals surface area contributed by atoms with Crippen molar-refractivity contribution in [2.45, 2.75) is 89.8 Å². The highest BCUT2D eigenvalue weighted by molar-refractivity contribution is 6.12. The first-order chi connectivity index (χ1) is 37.3. The molecule has 0 radical (unpaired) electrons. The first kappa shape index (κ1) is 56.7. The average molecular weight is 1060 g/mol. The Bertz CT molecular complexity index is 2740. The van der Waals surface area contributed by atoms with Gasteiger partial charge in [0.1, 0.15) is 30.1 Å². The van der Waals surface area contributed by atoms with E-state index in [0.717, 1.165) is 58.7 Å². The van der Waals surface area contributed by atoms with Crippen LogP contribution in [0.1, 0.15) is 80.7 Å². The predicted molar refractivity (Wildman–Crippen MR) is 280 cm³/mol. The number of unbranched alkanes of at least 4 members (excludes halogenated alkanes) is 3. The molecule has 8 amide bonds. The summed E-state index contributed by atoms with van der Waals surface area (Å²) in [5.74, 6) is -2.71. The number of carbonyl (C=O) groups excluding carboxylic acids is 8. The smallest absolute Gasteiger partial charge is 0.319 e. The van der Waals surface area contributed by atoms with Crippen LogP contribution in [0.4, 0.5) is 5.82 Å². The third-order valence-corrected chi connectivity index (χ3v) is 13.3. The predicted octanol–water partition coefficient (Wildman–Crippen LogP) is 0.788. The van der Waals surface area contributed by atoms with Crippen LogP contribution in [0.2, 0.25) is 0 Å². The zero-order valence-electron chi connectivity index (χ0n) is 43.6. The number of H-pyrrole nitrogens is 1. The number of rotatable bonds is 30. The molecule has 0 unspecified atom stereocenters. The summed E-state index contributed by atoms with van der Waals surface area (Å²) in [4.78, 5) is 115. The van der Waals surface area contributed by atoms with Crippen molar-refractivity contribution in [2.75, 3.05) is 78.5 Å². The zero-order valence-corrected chi connectivity index (χ0v) is 43.6. The standard InChI is InChI=1S/C53H69N13O11/c1-3-4-25-76-53-60-47-38(62-63-48(47)50(54)61-53)27-35-14-15-37(40(28-35)75-2)32-64-21-23-65(24-22-64)52(74)49(36-16-17-36)77-33-58-43(69)30-57-51(73)39(26-34-11-7-5-8-12-34)59-44(70)31-56-42(68)29-55-41(67)13-9-6-10-20-66-45(71)18-19-46(66)72/h5,7-8,11-12,14-15,18-19,28,36,39,49H,3-4,6,9-10,13,16-17,20-27,29-33H2,1-2H3,(H,55,67)(H,56,68)(H,57,73)(H,58,69)(H,59,70)(H,62,63)(H2,54,60,61)/t39-,49-/m0/s1. The minimum Gasteiger partial charge on any atom is -0.496 e. The molecule has 2 atom stereocenters. The molecule has 412 valence electrons. The highest BCUT2D eigenvalue weighted by Crippen LogP contribution is 2.35. The van der Waals surface area contributed by atoms with Crippen LogP contribution in [0.3, 0.4) is 0 Å². The van der Waals surface area contributed by atoms with Gasteiger partial charge in [-0.15, -0.1) is 0 Å². The molecule has 24 nitrogen and oxygen atoms in total. The Balaban J connectivity index is 0.803. The molecule has 1 saturated carbocycles. The number of fused-ring (bicyclic) bond motifs is 1. The molecule has 4 heterocycles. The van der Waals surface area contributed by atoms with E-state index < -0.39 is 48.9 Å². The molecule has 2 fully saturated rings. The summed E-state index contributed by atoms with van der Waals surface area (Å²) in [5, 5.41) is 20.1. The molecule has 1 saturated heterocycles. The minimum absolute atomic E-state index is 0.0328. The van der Waals surface area contributed by atoms with Crippen LogP contribution in [-0.4, -0.2) is 167 Å². The van der Waals surface area contributed by atoms with E-state index in [0.29, 0.717) is 76.0 Å². The number of hydrogen-bond acceptors (Lipinski definition) is 16. The summed E-state index contributed by atoms with van der Waals surface area (Å²) in [6.45, 7) is 4.17. The molecule has 0 spiro atoms. The second-order valence-electron chi connectivity index (χ2n) is 19.1. The highest BCUT2D eigenvalue weighted by atomic mass is 16.5. The van der Waals surface area contributed by atoms with Crippen molar-refractivity contribution < 1.29 is 52.6 Å². The van der Waals surface area contributed by atoms with Gasteiger partial charge in [-0.3, -0.25) is 53.3 Å². The van der Waals surface area contributed by atoms with Gasteiger partial charge in [0, 0.05) is 76.2 Å². The van der Waals surface area contributed by atoms with Crippen molar-refractivity contribution in [3.8, 4) is 11.8 Å². The fourth-order valence-corrected chi connectivity index (χ4v) is 8.79. The molecule has 77 heavy (non-hydrogen) atoms. The van der Waals surface area contributed by atoms with Gasteiger partial charge in [0.2, 0.25) is 29.5 Å². The number of hydrogen-bond donors (Lipinski definition) is 7. The second kappa shape index (κ2) is 28.2. The number of methoxy groups -OCH3 is 1. The summed E-state index contributed by atoms with van der Waals surface area (Å²) in [6.07, 6.45) is 7.54. The number of nitrogens with one attached hydrogen (secondary N) is 6. The molecule has 1 aliphatic carbocycles. The van der Waals surface area contributed by atoms with Gasteiger partial charge in [0.05, 0.1) is 39.0 Å². The first-order valence-electron chi connectivity index (χ1n) is 26.1. The molecule has 2 aromatic heterocycles. The van der Waals surface area contributed by atoms with Crippen molar-refractivity contribution in [1.82, 2.24) is 61.4 Å². The van der Waals surface area contributed by atoms with Crippen molar-refractivity contribution >= 4 is 64.1 Å². The Hall–Kier alpha value is -7.99. The van der Waals surface area contributed by atoms with Gasteiger partial charge in [-0.25, -0.2) is 0 Å². The summed E-state index contributed by atoms with van der Waals surface area (Å²) in [7, 11) is 1.64. The summed E-state index contributed by atoms with van der Waals surface area (Å²) in [6, 6.07) is 14.1. The number of carbonyl (C=O) groups is 8. The average Bonchev–Trinajstić information content (AvgIpc) is 4.13. The monoisotopic (exact) mass is 1060 g/mol. The lowest BCUT2D eigenvalue weighted by Gasteiger charge is -2.36. The summed E-state index contributed by atoms with van der Waals surface area (Å²) < 4.78 is 17.5. The lowest BCUT2D eigenvalue weighted by atomic mass is 10.0. The molecule has 0 bridgehead atoms. The van der Waals surface area contributed by atoms with Crippen LogP contribution in [0.5, 0.6) is 11.8 Å². The minimum atomic E-state index is -1.11. The molecular formula is C53H69N13O11. The summed E-state index contributed by atoms with van der Waals surface area (Å²) >= 11 is 0. The Labute approximate surface area is 445 Å². The molecule has 2 aliphatic heterocycles. The van der Waals surface area contributed by atoms with E-state index in [-0.39, 0.29) is 74.0 Å². The fourth-order valence-electron chi connectivity index (χ4n) is 8.79. The molecule has 8 N–H and O–H groups in total. The van der Waals surface area contributed by atoms with E-state index in [1.165, 1.54) is 12.2 Å². The lowest BCUT2D eigenvalue weighted by Crippen LogP contribution is -2.53. The maximum Gasteiger partial charge on any atom is 0.319 e. The third kappa shape index (κ3) is 17.0. The third-order valence-electron chi connectivity index (χ3n) is 13.3. The van der Waals surface area contributed by atoms with Crippen LogP contribution in [0.25, 0.3) is 11.0 Å². The van der Waals surface area contributed by atoms with Crippen LogP contribution in [-0.2, 0) is 62.5 Å². The van der Waals surface area contributed by atoms with Crippen molar-refractivity contribution in [3.63, 3.8) is 0 Å². The summed E-state index contributed by atoms with van der Waals surface area (Å²) in [5.41, 5.74) is 10.8. The second-order valence-corrected chi connectivity index (χ2v) is 19.1. The maximum absolute atomic E-state index is 13.8. The van der Waals surface area contributed by atoms with Crippen LogP contribution >= 0.6 is 0 Å². The quantitative estimate of drug-likeness (QED) is 0.0216. The molecule has 7 rings (SSSR count). The van der Waals surface area contributed by atoms with Gasteiger partial charge in [-0.2, -0.15) is 15.1 Å². The lowest BCUT2D eigenvalue weighted by molar-refractivity contribution is -0.149. The molecular weight excluding hydrogens is 995 g/mol. The number of anilines is 1. The van der Waals surface area contributed by atoms with Crippen molar-refractivity contribution in [3.05, 3.63) is 83.1 Å². The van der Waals surface area contributed by atoms with Crippen LogP contribution < -0.4 is 41.8 Å². The van der Waals surface area contributed by atoms with Gasteiger partial charge >= 0.3 is 6.01 Å². The molecule has 24 heteroatoms. The van der Waals surface area contributed by atoms with E-state index in [2.05, 4.69) is 58.6 Å². The van der Waals surface area contributed by atoms with E-state index >= 15 is 0 Å². The van der Waals surface area contributed by atoms with Gasteiger partial charge in [-0.1, -0.05) is 62.2 Å². The number of imide groups is 1. The number of piperazine rings is 1. The number of aromatic nitrogens is 4. The number of amides is 8. The normalized spacial score (nSPS) is 15.2. The Morgan fingerprint density at radius 3 is 2.23 bits per heavy atom. The SMILES string of the molecule is CCCCOc1nc(N)c2n[nH]c(Cc3ccc(CN4CCN(C(=O)[C@@H](OCNC(=O)CNC(=O)[C@H](Cc5ccccc5)NC(=O)CNC(=O)CNC(=O)CCCCCN5C(=O)C=CC5=O)C5CC5)CC4)c(OC)c3)c2n1. The number of ether oxygens (including phenoxy) is 3. The Morgan fingerprint density at radius 1 is 0.792 bits per heavy atom. The molecule has 4 aromatic rings. The van der Waals surface area contributed by atoms with Crippen LogP contribution in [0.15, 0.2) is 60.7 Å². The molecule has 3 aliphatic rings. The maximum atomic E-state index is 13.8. The Kier molecular flexibility index (Phi) is 20.8. The topological polar surface area (TPSA) is 315 Å². The molecule has 2 aromatic carbocycles.